The fraction of sp³-hybridized carbons (Fsp3) is 0.450. The molecule has 8 heteroatoms. The number of rotatable bonds is 7. The molecule has 1 atom stereocenters. The molecule has 1 amide bonds. The monoisotopic (exact) mass is 421 g/mol. The van der Waals surface area contributed by atoms with E-state index in [1.165, 1.54) is 31.9 Å². The van der Waals surface area contributed by atoms with E-state index in [9.17, 15) is 13.2 Å². The van der Waals surface area contributed by atoms with E-state index in [2.05, 4.69) is 26.4 Å². The van der Waals surface area contributed by atoms with Crippen LogP contribution in [0.25, 0.3) is 0 Å². The lowest BCUT2D eigenvalue weighted by Crippen LogP contribution is -2.38. The SMILES string of the molecule is CC(=O)Nc1ccc(S(=O)(=O)NC[C@@H](c2ccsc2)N2CCCCCC2)cc1. The third kappa shape index (κ3) is 5.64. The predicted molar refractivity (Wildman–Crippen MR) is 113 cm³/mol. The predicted octanol–water partition coefficient (Wildman–Crippen LogP) is 3.60. The highest BCUT2D eigenvalue weighted by Gasteiger charge is 2.24. The smallest absolute Gasteiger partial charge is 0.240 e. The van der Waals surface area contributed by atoms with Crippen LogP contribution in [-0.4, -0.2) is 38.9 Å². The third-order valence-corrected chi connectivity index (χ3v) is 7.10. The minimum Gasteiger partial charge on any atom is -0.326 e. The summed E-state index contributed by atoms with van der Waals surface area (Å²) in [6.07, 6.45) is 4.77. The maximum absolute atomic E-state index is 12.8. The molecule has 1 aromatic heterocycles. The molecule has 1 fully saturated rings. The van der Waals surface area contributed by atoms with Crippen molar-refractivity contribution in [3.63, 3.8) is 0 Å². The molecule has 28 heavy (non-hydrogen) atoms. The Bertz CT molecular complexity index is 857. The number of anilines is 1. The summed E-state index contributed by atoms with van der Waals surface area (Å²) >= 11 is 1.63. The lowest BCUT2D eigenvalue weighted by molar-refractivity contribution is -0.114. The van der Waals surface area contributed by atoms with Crippen molar-refractivity contribution in [1.82, 2.24) is 9.62 Å². The van der Waals surface area contributed by atoms with Gasteiger partial charge in [-0.2, -0.15) is 11.3 Å². The Morgan fingerprint density at radius 1 is 1.11 bits per heavy atom. The van der Waals surface area contributed by atoms with Crippen molar-refractivity contribution in [2.75, 3.05) is 25.0 Å². The lowest BCUT2D eigenvalue weighted by Gasteiger charge is -2.30. The van der Waals surface area contributed by atoms with Gasteiger partial charge in [-0.15, -0.1) is 0 Å². The maximum Gasteiger partial charge on any atom is 0.240 e. The fourth-order valence-electron chi connectivity index (χ4n) is 3.52. The number of nitrogens with zero attached hydrogens (tertiary/aromatic N) is 1. The zero-order chi connectivity index (χ0) is 20.0. The summed E-state index contributed by atoms with van der Waals surface area (Å²) in [7, 11) is -3.63. The number of hydrogen-bond acceptors (Lipinski definition) is 5. The van der Waals surface area contributed by atoms with Crippen molar-refractivity contribution in [2.24, 2.45) is 0 Å². The molecule has 6 nitrogen and oxygen atoms in total. The van der Waals surface area contributed by atoms with E-state index in [0.717, 1.165) is 31.5 Å². The first-order valence-corrected chi connectivity index (χ1v) is 12.0. The van der Waals surface area contributed by atoms with Crippen LogP contribution in [0.2, 0.25) is 0 Å². The number of carbonyl (C=O) groups is 1. The number of amides is 1. The number of likely N-dealkylation sites (tertiary alicyclic amines) is 1. The number of nitrogens with one attached hydrogen (secondary N) is 2. The van der Waals surface area contributed by atoms with E-state index in [-0.39, 0.29) is 16.8 Å². The molecule has 1 aromatic carbocycles. The van der Waals surface area contributed by atoms with E-state index in [4.69, 9.17) is 0 Å². The summed E-state index contributed by atoms with van der Waals surface area (Å²) in [4.78, 5) is 13.7. The van der Waals surface area contributed by atoms with Crippen LogP contribution in [0, 0.1) is 0 Å². The maximum atomic E-state index is 12.8. The van der Waals surface area contributed by atoms with Crippen LogP contribution >= 0.6 is 11.3 Å². The molecule has 0 bridgehead atoms. The van der Waals surface area contributed by atoms with E-state index in [1.807, 2.05) is 5.38 Å². The summed E-state index contributed by atoms with van der Waals surface area (Å²) in [6, 6.07) is 8.34. The molecule has 1 aliphatic rings. The highest BCUT2D eigenvalue weighted by Crippen LogP contribution is 2.26. The molecule has 2 heterocycles. The van der Waals surface area contributed by atoms with Gasteiger partial charge in [-0.3, -0.25) is 9.69 Å². The molecule has 2 aromatic rings. The van der Waals surface area contributed by atoms with Crippen LogP contribution in [0.3, 0.4) is 0 Å². The van der Waals surface area contributed by atoms with Crippen molar-refractivity contribution < 1.29 is 13.2 Å². The normalized spacial score (nSPS) is 17.0. The van der Waals surface area contributed by atoms with Crippen LogP contribution in [0.1, 0.15) is 44.2 Å². The van der Waals surface area contributed by atoms with Gasteiger partial charge in [0.2, 0.25) is 15.9 Å². The molecule has 0 unspecified atom stereocenters. The van der Waals surface area contributed by atoms with Crippen LogP contribution < -0.4 is 10.0 Å². The zero-order valence-electron chi connectivity index (χ0n) is 16.1. The Kier molecular flexibility index (Phi) is 7.23. The highest BCUT2D eigenvalue weighted by atomic mass is 32.2. The molecule has 2 N–H and O–H groups in total. The Labute approximate surface area is 171 Å². The summed E-state index contributed by atoms with van der Waals surface area (Å²) in [5, 5.41) is 6.78. The number of benzene rings is 1. The van der Waals surface area contributed by atoms with E-state index < -0.39 is 10.0 Å². The molecule has 0 radical (unpaired) electrons. The minimum atomic E-state index is -3.63. The molecule has 0 aliphatic carbocycles. The van der Waals surface area contributed by atoms with E-state index in [0.29, 0.717) is 12.2 Å². The molecule has 0 saturated carbocycles. The zero-order valence-corrected chi connectivity index (χ0v) is 17.7. The summed E-state index contributed by atoms with van der Waals surface area (Å²) in [5.74, 6) is -0.190. The van der Waals surface area contributed by atoms with Gasteiger partial charge in [0.25, 0.3) is 0 Å². The van der Waals surface area contributed by atoms with Gasteiger partial charge in [-0.1, -0.05) is 12.8 Å². The minimum absolute atomic E-state index is 0.0396. The Balaban J connectivity index is 1.71. The van der Waals surface area contributed by atoms with Gasteiger partial charge in [0.15, 0.2) is 0 Å². The summed E-state index contributed by atoms with van der Waals surface area (Å²) in [6.45, 7) is 3.74. The number of sulfonamides is 1. The molecule has 3 rings (SSSR count). The second kappa shape index (κ2) is 9.65. The van der Waals surface area contributed by atoms with E-state index >= 15 is 0 Å². The molecular weight excluding hydrogens is 394 g/mol. The third-order valence-electron chi connectivity index (χ3n) is 4.96. The molecule has 1 aliphatic heterocycles. The Morgan fingerprint density at radius 3 is 2.36 bits per heavy atom. The quantitative estimate of drug-likeness (QED) is 0.716. The fourth-order valence-corrected chi connectivity index (χ4v) is 5.27. The Morgan fingerprint density at radius 2 is 1.79 bits per heavy atom. The second-order valence-electron chi connectivity index (χ2n) is 7.08. The van der Waals surface area contributed by atoms with Gasteiger partial charge in [-0.05, 0) is 72.6 Å². The number of thiophene rings is 1. The first kappa shape index (κ1) is 21.0. The molecule has 0 spiro atoms. The van der Waals surface area contributed by atoms with Gasteiger partial charge in [0, 0.05) is 25.2 Å². The van der Waals surface area contributed by atoms with Gasteiger partial charge < -0.3 is 5.32 Å². The lowest BCUT2D eigenvalue weighted by atomic mass is 10.1. The highest BCUT2D eigenvalue weighted by molar-refractivity contribution is 7.89. The van der Waals surface area contributed by atoms with Gasteiger partial charge >= 0.3 is 0 Å². The topological polar surface area (TPSA) is 78.5 Å². The van der Waals surface area contributed by atoms with E-state index in [1.54, 1.807) is 23.5 Å². The van der Waals surface area contributed by atoms with Crippen molar-refractivity contribution in [3.8, 4) is 0 Å². The van der Waals surface area contributed by atoms with Crippen LogP contribution in [-0.2, 0) is 14.8 Å². The first-order valence-electron chi connectivity index (χ1n) is 9.59. The largest absolute Gasteiger partial charge is 0.326 e. The van der Waals surface area contributed by atoms with Gasteiger partial charge in [-0.25, -0.2) is 13.1 Å². The molecule has 152 valence electrons. The number of hydrogen-bond donors (Lipinski definition) is 2. The Hall–Kier alpha value is -1.74. The van der Waals surface area contributed by atoms with Gasteiger partial charge in [0.05, 0.1) is 4.90 Å². The van der Waals surface area contributed by atoms with Crippen molar-refractivity contribution in [2.45, 2.75) is 43.5 Å². The second-order valence-corrected chi connectivity index (χ2v) is 9.63. The number of carbonyl (C=O) groups excluding carboxylic acids is 1. The van der Waals surface area contributed by atoms with Gasteiger partial charge in [0.1, 0.15) is 0 Å². The molecule has 1 saturated heterocycles. The molecular formula is C20H27N3O3S2. The van der Waals surface area contributed by atoms with Crippen LogP contribution in [0.15, 0.2) is 46.0 Å². The average molecular weight is 422 g/mol. The summed E-state index contributed by atoms with van der Waals surface area (Å²) < 4.78 is 28.3. The average Bonchev–Trinajstić information content (AvgIpc) is 3.05. The first-order chi connectivity index (χ1) is 13.5. The standard InChI is InChI=1S/C20H27N3O3S2/c1-16(24)22-18-6-8-19(9-7-18)28(25,26)21-14-20(17-10-13-27-15-17)23-11-4-2-3-5-12-23/h6-10,13,15,20-21H,2-5,11-12,14H2,1H3,(H,22,24)/t20-/m0/s1. The summed E-state index contributed by atoms with van der Waals surface area (Å²) in [5.41, 5.74) is 1.74. The van der Waals surface area contributed by atoms with Crippen molar-refractivity contribution >= 4 is 33.0 Å². The van der Waals surface area contributed by atoms with Crippen molar-refractivity contribution in [1.29, 1.82) is 0 Å². The van der Waals surface area contributed by atoms with Crippen LogP contribution in [0.5, 0.6) is 0 Å². The van der Waals surface area contributed by atoms with Crippen LogP contribution in [0.4, 0.5) is 5.69 Å². The van der Waals surface area contributed by atoms with Crippen molar-refractivity contribution in [3.05, 3.63) is 46.7 Å².